The Morgan fingerprint density at radius 2 is 1.13 bits per heavy atom. The Morgan fingerprint density at radius 1 is 0.739 bits per heavy atom. The molecule has 0 aliphatic carbocycles. The first-order valence-electron chi connectivity index (χ1n) is 7.83. The first-order chi connectivity index (χ1) is 11.1. The predicted octanol–water partition coefficient (Wildman–Crippen LogP) is 6.09. The summed E-state index contributed by atoms with van der Waals surface area (Å²) in [5, 5.41) is 5.37. The monoisotopic (exact) mass is 376 g/mol. The van der Waals surface area contributed by atoms with Gasteiger partial charge in [-0.1, -0.05) is 23.3 Å². The fourth-order valence-corrected chi connectivity index (χ4v) is 2.49. The second kappa shape index (κ2) is 8.89. The van der Waals surface area contributed by atoms with Gasteiger partial charge in [0.05, 0.1) is 0 Å². The Labute approximate surface area is 153 Å². The summed E-state index contributed by atoms with van der Waals surface area (Å²) in [5.74, 6) is 0. The maximum Gasteiger partial charge on any atom is -0.0486 e. The van der Waals surface area contributed by atoms with E-state index in [4.69, 9.17) is 0 Å². The van der Waals surface area contributed by atoms with Crippen molar-refractivity contribution >= 4 is 25.3 Å². The molecule has 0 atom stereocenters. The number of hydrogen-bond acceptors (Lipinski definition) is 0. The van der Waals surface area contributed by atoms with Gasteiger partial charge < -0.3 is 0 Å². The van der Waals surface area contributed by atoms with Crippen molar-refractivity contribution < 1.29 is 24.2 Å². The maximum atomic E-state index is 2.20. The Bertz CT molecular complexity index is 805. The largest absolute Gasteiger partial charge is 0.168 e. The zero-order valence-corrected chi connectivity index (χ0v) is 16.5. The number of rotatable bonds is 0. The van der Waals surface area contributed by atoms with Crippen LogP contribution in [-0.2, 0) is 24.2 Å². The summed E-state index contributed by atoms with van der Waals surface area (Å²) < 4.78 is 2.09. The first-order valence-corrected chi connectivity index (χ1v) is 9.25. The van der Waals surface area contributed by atoms with Crippen LogP contribution in [0.2, 0.25) is 0 Å². The molecule has 0 spiro atoms. The number of hydrogen-bond donors (Lipinski definition) is 0. The first kappa shape index (κ1) is 17.8. The van der Waals surface area contributed by atoms with Crippen molar-refractivity contribution in [1.29, 1.82) is 0 Å². The second-order valence-electron chi connectivity index (χ2n) is 5.60. The molecule has 1 heteroatoms. The van der Waals surface area contributed by atoms with Crippen LogP contribution in [0.1, 0.15) is 18.1 Å². The molecule has 0 saturated heterocycles. The van der Waals surface area contributed by atoms with Crippen LogP contribution in [0.4, 0.5) is 0 Å². The van der Waals surface area contributed by atoms with Crippen molar-refractivity contribution in [3.8, 4) is 0 Å². The van der Waals surface area contributed by atoms with E-state index in [1.165, 1.54) is 56.9 Å². The molecule has 0 aliphatic heterocycles. The fourth-order valence-electron chi connectivity index (χ4n) is 2.49. The van der Waals surface area contributed by atoms with Gasteiger partial charge in [-0.3, -0.25) is 0 Å². The molecule has 4 aromatic carbocycles. The third kappa shape index (κ3) is 5.22. The number of fused-ring (bicyclic) bond motifs is 2. The zero-order chi connectivity index (χ0) is 16.7. The van der Waals surface area contributed by atoms with Crippen molar-refractivity contribution in [2.45, 2.75) is 20.8 Å². The fraction of sp³-hybridized carbons (Fsp3) is 0.136. The van der Waals surface area contributed by atoms with Gasteiger partial charge in [0.15, 0.2) is 0 Å². The summed E-state index contributed by atoms with van der Waals surface area (Å²) in [6, 6.07) is 25.7. The third-order valence-electron chi connectivity index (χ3n) is 3.59. The van der Waals surface area contributed by atoms with Gasteiger partial charge in [0.25, 0.3) is 0 Å². The maximum absolute atomic E-state index is 2.20. The minimum atomic E-state index is 1.33. The third-order valence-corrected chi connectivity index (χ3v) is 3.59. The topological polar surface area (TPSA) is 0 Å². The molecule has 0 nitrogen and oxygen atoms in total. The van der Waals surface area contributed by atoms with Gasteiger partial charge in [-0.05, 0) is 13.8 Å². The van der Waals surface area contributed by atoms with Gasteiger partial charge in [-0.25, -0.2) is 0 Å². The minimum Gasteiger partial charge on any atom is -0.168 e. The second-order valence-corrected chi connectivity index (χ2v) is 7.02. The zero-order valence-electron chi connectivity index (χ0n) is 14.0. The Kier molecular flexibility index (Phi) is 6.87. The van der Waals surface area contributed by atoms with E-state index in [2.05, 4.69) is 90.4 Å². The quantitative estimate of drug-likeness (QED) is 0.325. The van der Waals surface area contributed by atoms with Crippen LogP contribution in [0.15, 0.2) is 72.8 Å². The Hall–Kier alpha value is -1.59. The van der Waals surface area contributed by atoms with Crippen LogP contribution in [0, 0.1) is 13.8 Å². The Balaban J connectivity index is 0.000000143. The number of benzene rings is 2. The summed E-state index contributed by atoms with van der Waals surface area (Å²) in [5.41, 5.74) is 2.66. The molecular formula is C22H22Zr. The van der Waals surface area contributed by atoms with E-state index in [-0.39, 0.29) is 0 Å². The van der Waals surface area contributed by atoms with Crippen molar-refractivity contribution in [3.05, 3.63) is 83.9 Å². The molecule has 0 N–H and O–H groups in total. The molecule has 0 radical (unpaired) electrons. The summed E-state index contributed by atoms with van der Waals surface area (Å²) in [4.78, 5) is 0. The Morgan fingerprint density at radius 3 is 1.52 bits per heavy atom. The van der Waals surface area contributed by atoms with Gasteiger partial charge in [0.1, 0.15) is 0 Å². The molecule has 23 heavy (non-hydrogen) atoms. The molecule has 4 rings (SSSR count). The average Bonchev–Trinajstić information content (AvgIpc) is 3.16. The molecule has 4 aromatic rings. The molecule has 0 fully saturated rings. The van der Waals surface area contributed by atoms with Crippen LogP contribution in [0.3, 0.4) is 0 Å². The van der Waals surface area contributed by atoms with Gasteiger partial charge in [-0.2, -0.15) is 24.3 Å². The van der Waals surface area contributed by atoms with Crippen LogP contribution >= 0.6 is 0 Å². The van der Waals surface area contributed by atoms with E-state index < -0.39 is 0 Å². The van der Waals surface area contributed by atoms with Gasteiger partial charge >= 0.3 is 34.9 Å². The molecule has 114 valence electrons. The average molecular weight is 378 g/mol. The predicted molar refractivity (Wildman–Crippen MR) is 100 cm³/mol. The summed E-state index contributed by atoms with van der Waals surface area (Å²) in [7, 11) is 0. The van der Waals surface area contributed by atoms with E-state index in [0.29, 0.717) is 0 Å². The van der Waals surface area contributed by atoms with E-state index in [0.717, 1.165) is 0 Å². The molecular weight excluding hydrogens is 355 g/mol. The summed E-state index contributed by atoms with van der Waals surface area (Å²) in [6.07, 6.45) is 0. The molecule has 0 unspecified atom stereocenters. The SMILES string of the molecule is C[CH]=[Zr+2].Cc1ccc2cc[cH-]c2c1.Cc1ccc2cc[cH-]c2c1. The van der Waals surface area contributed by atoms with E-state index in [1.54, 1.807) is 0 Å². The molecule has 0 aromatic heterocycles. The van der Waals surface area contributed by atoms with E-state index in [9.17, 15) is 0 Å². The van der Waals surface area contributed by atoms with Crippen molar-refractivity contribution in [1.82, 2.24) is 0 Å². The van der Waals surface area contributed by atoms with Crippen LogP contribution < -0.4 is 0 Å². The standard InChI is InChI=1S/2C10H9.C2H4.Zr/c2*1-8-5-6-9-3-2-4-10(9)7-8;1-2;/h2*2-7H,1H3;1H,2H3;/q2*-1;;+2. The minimum absolute atomic E-state index is 1.33. The van der Waals surface area contributed by atoms with Gasteiger partial charge in [-0.15, -0.1) is 57.9 Å². The van der Waals surface area contributed by atoms with Crippen molar-refractivity contribution in [2.24, 2.45) is 0 Å². The van der Waals surface area contributed by atoms with Crippen LogP contribution in [0.5, 0.6) is 0 Å². The van der Waals surface area contributed by atoms with Crippen molar-refractivity contribution in [3.63, 3.8) is 0 Å². The molecule has 0 aliphatic rings. The van der Waals surface area contributed by atoms with Crippen LogP contribution in [0.25, 0.3) is 21.5 Å². The molecule has 0 amide bonds. The van der Waals surface area contributed by atoms with Crippen molar-refractivity contribution in [2.75, 3.05) is 0 Å². The number of aryl methyl sites for hydroxylation is 2. The van der Waals surface area contributed by atoms with Gasteiger partial charge in [0.2, 0.25) is 0 Å². The van der Waals surface area contributed by atoms with Crippen LogP contribution in [-0.4, -0.2) is 3.71 Å². The smallest absolute Gasteiger partial charge is 0.0486 e. The molecule has 0 bridgehead atoms. The molecule has 0 heterocycles. The summed E-state index contributed by atoms with van der Waals surface area (Å²) in [6.45, 7) is 6.28. The van der Waals surface area contributed by atoms with E-state index >= 15 is 0 Å². The van der Waals surface area contributed by atoms with Gasteiger partial charge in [0, 0.05) is 0 Å². The normalized spacial score (nSPS) is 9.78. The molecule has 0 saturated carbocycles. The summed E-state index contributed by atoms with van der Waals surface area (Å²) >= 11 is 1.51. The van der Waals surface area contributed by atoms with E-state index in [1.807, 2.05) is 6.92 Å².